The molecular formula is C27H32N2O4S. The van der Waals surface area contributed by atoms with Gasteiger partial charge < -0.3 is 19.1 Å². The van der Waals surface area contributed by atoms with Crippen LogP contribution in [0.25, 0.3) is 11.0 Å². The van der Waals surface area contributed by atoms with Crippen molar-refractivity contribution < 1.29 is 18.4 Å². The quantitative estimate of drug-likeness (QED) is 0.465. The number of piperidine rings is 1. The Bertz CT molecular complexity index is 1110. The zero-order chi connectivity index (χ0) is 23.3. The first-order chi connectivity index (χ1) is 16.7. The molecule has 0 radical (unpaired) electrons. The van der Waals surface area contributed by atoms with E-state index in [0.29, 0.717) is 43.5 Å². The molecule has 1 aromatic carbocycles. The van der Waals surface area contributed by atoms with Gasteiger partial charge in [-0.25, -0.2) is 0 Å². The van der Waals surface area contributed by atoms with Crippen molar-refractivity contribution in [2.75, 3.05) is 13.1 Å². The largest absolute Gasteiger partial charge is 0.467 e. The Morgan fingerprint density at radius 2 is 1.79 bits per heavy atom. The second kappa shape index (κ2) is 10.7. The number of nitrogens with one attached hydrogen (secondary N) is 1. The van der Waals surface area contributed by atoms with Crippen LogP contribution in [-0.2, 0) is 17.1 Å². The van der Waals surface area contributed by atoms with Gasteiger partial charge in [-0.2, -0.15) is 11.8 Å². The number of hydrogen-bond acceptors (Lipinski definition) is 5. The van der Waals surface area contributed by atoms with Crippen LogP contribution in [0.5, 0.6) is 0 Å². The molecule has 2 aliphatic rings. The van der Waals surface area contributed by atoms with E-state index in [9.17, 15) is 9.59 Å². The van der Waals surface area contributed by atoms with Crippen LogP contribution >= 0.6 is 11.8 Å². The third-order valence-corrected chi connectivity index (χ3v) is 8.48. The Morgan fingerprint density at radius 1 is 1.00 bits per heavy atom. The van der Waals surface area contributed by atoms with Gasteiger partial charge in [-0.15, -0.1) is 0 Å². The molecule has 1 N–H and O–H groups in total. The normalized spacial score (nSPS) is 17.8. The second-order valence-corrected chi connectivity index (χ2v) is 10.6. The van der Waals surface area contributed by atoms with E-state index < -0.39 is 0 Å². The number of carbonyl (C=O) groups is 2. The molecular weight excluding hydrogens is 448 g/mol. The Hall–Kier alpha value is -2.67. The van der Waals surface area contributed by atoms with Crippen molar-refractivity contribution >= 4 is 34.5 Å². The van der Waals surface area contributed by atoms with E-state index in [1.54, 1.807) is 6.26 Å². The van der Waals surface area contributed by atoms with Crippen molar-refractivity contribution in [2.24, 2.45) is 5.92 Å². The first-order valence-corrected chi connectivity index (χ1v) is 13.5. The monoisotopic (exact) mass is 480 g/mol. The minimum atomic E-state index is -0.0870. The fourth-order valence-electron chi connectivity index (χ4n) is 5.07. The van der Waals surface area contributed by atoms with Gasteiger partial charge in [-0.1, -0.05) is 37.5 Å². The molecule has 2 aromatic heterocycles. The van der Waals surface area contributed by atoms with Gasteiger partial charge in [0.05, 0.1) is 12.8 Å². The SMILES string of the molecule is O=C(NCc1ccco1)C1CCN(C(=O)c2oc3ccccc3c2CSC2CCCCC2)CC1. The number of fused-ring (bicyclic) bond motifs is 1. The van der Waals surface area contributed by atoms with Gasteiger partial charge in [-0.3, -0.25) is 9.59 Å². The van der Waals surface area contributed by atoms with Gasteiger partial charge in [0.2, 0.25) is 5.91 Å². The predicted molar refractivity (Wildman–Crippen MR) is 134 cm³/mol. The van der Waals surface area contributed by atoms with Crippen molar-refractivity contribution in [1.82, 2.24) is 10.2 Å². The lowest BCUT2D eigenvalue weighted by molar-refractivity contribution is -0.126. The van der Waals surface area contributed by atoms with Gasteiger partial charge in [-0.05, 0) is 43.9 Å². The molecule has 2 amide bonds. The summed E-state index contributed by atoms with van der Waals surface area (Å²) in [6.45, 7) is 1.51. The number of carbonyl (C=O) groups excluding carboxylic acids is 2. The summed E-state index contributed by atoms with van der Waals surface area (Å²) < 4.78 is 11.4. The smallest absolute Gasteiger partial charge is 0.289 e. The summed E-state index contributed by atoms with van der Waals surface area (Å²) in [4.78, 5) is 27.9. The molecule has 7 heteroatoms. The number of benzene rings is 1. The van der Waals surface area contributed by atoms with Crippen LogP contribution in [0.4, 0.5) is 0 Å². The van der Waals surface area contributed by atoms with Crippen molar-refractivity contribution in [3.63, 3.8) is 0 Å². The van der Waals surface area contributed by atoms with E-state index in [0.717, 1.165) is 28.0 Å². The van der Waals surface area contributed by atoms with E-state index in [2.05, 4.69) is 11.4 Å². The summed E-state index contributed by atoms with van der Waals surface area (Å²) in [7, 11) is 0. The van der Waals surface area contributed by atoms with Crippen LogP contribution < -0.4 is 5.32 Å². The molecule has 2 fully saturated rings. The Kier molecular flexibility index (Phi) is 7.28. The lowest BCUT2D eigenvalue weighted by atomic mass is 9.95. The van der Waals surface area contributed by atoms with Crippen LogP contribution in [-0.4, -0.2) is 35.1 Å². The molecule has 0 bridgehead atoms. The first-order valence-electron chi connectivity index (χ1n) is 12.4. The molecule has 1 saturated carbocycles. The van der Waals surface area contributed by atoms with Gasteiger partial charge >= 0.3 is 0 Å². The number of para-hydroxylation sites is 1. The summed E-state index contributed by atoms with van der Waals surface area (Å²) in [5.41, 5.74) is 1.80. The van der Waals surface area contributed by atoms with Crippen LogP contribution in [0.3, 0.4) is 0 Å². The van der Waals surface area contributed by atoms with Gasteiger partial charge in [0, 0.05) is 41.0 Å². The number of nitrogens with zero attached hydrogens (tertiary/aromatic N) is 1. The number of furan rings is 2. The highest BCUT2D eigenvalue weighted by Crippen LogP contribution is 2.35. The fraction of sp³-hybridized carbons (Fsp3) is 0.481. The summed E-state index contributed by atoms with van der Waals surface area (Å²) >= 11 is 1.97. The molecule has 1 aliphatic carbocycles. The van der Waals surface area contributed by atoms with Crippen molar-refractivity contribution in [3.05, 3.63) is 59.7 Å². The van der Waals surface area contributed by atoms with Gasteiger partial charge in [0.1, 0.15) is 11.3 Å². The number of amides is 2. The van der Waals surface area contributed by atoms with Crippen molar-refractivity contribution in [2.45, 2.75) is 62.5 Å². The first kappa shape index (κ1) is 23.1. The van der Waals surface area contributed by atoms with Crippen LogP contribution in [0.15, 0.2) is 51.5 Å². The number of thioether (sulfide) groups is 1. The van der Waals surface area contributed by atoms with Crippen LogP contribution in [0, 0.1) is 5.92 Å². The molecule has 3 heterocycles. The highest BCUT2D eigenvalue weighted by molar-refractivity contribution is 7.99. The van der Waals surface area contributed by atoms with Crippen LogP contribution in [0.2, 0.25) is 0 Å². The highest BCUT2D eigenvalue weighted by atomic mass is 32.2. The topological polar surface area (TPSA) is 75.7 Å². The molecule has 0 unspecified atom stereocenters. The third-order valence-electron chi connectivity index (χ3n) is 7.08. The zero-order valence-corrected chi connectivity index (χ0v) is 20.3. The van der Waals surface area contributed by atoms with E-state index in [1.807, 2.05) is 47.0 Å². The van der Waals surface area contributed by atoms with Gasteiger partial charge in [0.25, 0.3) is 5.91 Å². The summed E-state index contributed by atoms with van der Waals surface area (Å²) in [5, 5.41) is 4.66. The fourth-order valence-corrected chi connectivity index (χ4v) is 6.42. The second-order valence-electron chi connectivity index (χ2n) is 9.34. The molecule has 6 nitrogen and oxygen atoms in total. The summed E-state index contributed by atoms with van der Waals surface area (Å²) in [6.07, 6.45) is 9.39. The van der Waals surface area contributed by atoms with Gasteiger partial charge in [0.15, 0.2) is 5.76 Å². The van der Waals surface area contributed by atoms with Crippen molar-refractivity contribution in [1.29, 1.82) is 0 Å². The molecule has 0 atom stereocenters. The molecule has 34 heavy (non-hydrogen) atoms. The third kappa shape index (κ3) is 5.19. The predicted octanol–water partition coefficient (Wildman–Crippen LogP) is 5.76. The molecule has 5 rings (SSSR count). The maximum absolute atomic E-state index is 13.5. The average molecular weight is 481 g/mol. The lowest BCUT2D eigenvalue weighted by Crippen LogP contribution is -2.43. The number of hydrogen-bond donors (Lipinski definition) is 1. The maximum atomic E-state index is 13.5. The number of rotatable bonds is 7. The summed E-state index contributed by atoms with van der Waals surface area (Å²) in [6, 6.07) is 11.6. The van der Waals surface area contributed by atoms with Crippen LogP contribution in [0.1, 0.15) is 66.8 Å². The number of likely N-dealkylation sites (tertiary alicyclic amines) is 1. The van der Waals surface area contributed by atoms with E-state index in [-0.39, 0.29) is 17.7 Å². The van der Waals surface area contributed by atoms with E-state index >= 15 is 0 Å². The molecule has 0 spiro atoms. The Balaban J connectivity index is 1.23. The van der Waals surface area contributed by atoms with E-state index in [1.165, 1.54) is 32.1 Å². The van der Waals surface area contributed by atoms with E-state index in [4.69, 9.17) is 8.83 Å². The average Bonchev–Trinajstić information content (AvgIpc) is 3.54. The lowest BCUT2D eigenvalue weighted by Gasteiger charge is -2.31. The van der Waals surface area contributed by atoms with Crippen molar-refractivity contribution in [3.8, 4) is 0 Å². The maximum Gasteiger partial charge on any atom is 0.289 e. The molecule has 180 valence electrons. The zero-order valence-electron chi connectivity index (χ0n) is 19.5. The minimum absolute atomic E-state index is 0.0248. The Morgan fingerprint density at radius 3 is 2.56 bits per heavy atom. The highest BCUT2D eigenvalue weighted by Gasteiger charge is 2.31. The summed E-state index contributed by atoms with van der Waals surface area (Å²) in [5.74, 6) is 1.90. The standard InChI is InChI=1S/C27H32N2O4S/c30-26(28-17-20-7-6-16-32-20)19-12-14-29(15-13-19)27(31)25-23(18-34-21-8-2-1-3-9-21)22-10-4-5-11-24(22)33-25/h4-7,10-11,16,19,21H,1-3,8-9,12-15,17-18H2,(H,28,30). The molecule has 1 aliphatic heterocycles. The Labute approximate surface area is 204 Å². The molecule has 1 saturated heterocycles. The minimum Gasteiger partial charge on any atom is -0.467 e. The molecule has 3 aromatic rings.